The minimum absolute atomic E-state index is 0.211. The second-order valence-electron chi connectivity index (χ2n) is 6.41. The lowest BCUT2D eigenvalue weighted by Crippen LogP contribution is -2.31. The molecule has 0 aliphatic heterocycles. The molecule has 1 atom stereocenters. The standard InChI is InChI=1S/C16H20N4/c1-16(2)8-4-3-5-14(16)20-13-9-11(10-17)6-7-12(13)19-15(20)18/h6-7,9,14H,3-5,8H2,1-2H3,(H2,18,19). The summed E-state index contributed by atoms with van der Waals surface area (Å²) in [6.45, 7) is 4.60. The van der Waals surface area contributed by atoms with Crippen LogP contribution >= 0.6 is 0 Å². The lowest BCUT2D eigenvalue weighted by atomic mass is 9.73. The maximum absolute atomic E-state index is 9.10. The first-order chi connectivity index (χ1) is 9.53. The molecule has 0 amide bonds. The summed E-state index contributed by atoms with van der Waals surface area (Å²) < 4.78 is 2.15. The number of anilines is 1. The van der Waals surface area contributed by atoms with E-state index in [0.717, 1.165) is 17.5 Å². The number of nitriles is 1. The normalized spacial score (nSPS) is 21.8. The second kappa shape index (κ2) is 4.52. The molecule has 1 unspecified atom stereocenters. The van der Waals surface area contributed by atoms with Crippen molar-refractivity contribution in [3.63, 3.8) is 0 Å². The van der Waals surface area contributed by atoms with E-state index in [1.807, 2.05) is 12.1 Å². The molecule has 0 spiro atoms. The van der Waals surface area contributed by atoms with Gasteiger partial charge in [-0.05, 0) is 36.5 Å². The number of rotatable bonds is 1. The van der Waals surface area contributed by atoms with Crippen LogP contribution in [-0.4, -0.2) is 9.55 Å². The maximum atomic E-state index is 9.10. The molecule has 104 valence electrons. The third-order valence-electron chi connectivity index (χ3n) is 4.61. The highest BCUT2D eigenvalue weighted by molar-refractivity contribution is 5.80. The molecule has 20 heavy (non-hydrogen) atoms. The van der Waals surface area contributed by atoms with Crippen LogP contribution < -0.4 is 5.73 Å². The Morgan fingerprint density at radius 2 is 2.20 bits per heavy atom. The first-order valence-electron chi connectivity index (χ1n) is 7.20. The van der Waals surface area contributed by atoms with Crippen LogP contribution in [0.15, 0.2) is 18.2 Å². The van der Waals surface area contributed by atoms with Crippen LogP contribution in [0.1, 0.15) is 51.1 Å². The Bertz CT molecular complexity index is 690. The lowest BCUT2D eigenvalue weighted by Gasteiger charge is -2.40. The summed E-state index contributed by atoms with van der Waals surface area (Å²) in [6.07, 6.45) is 4.83. The lowest BCUT2D eigenvalue weighted by molar-refractivity contribution is 0.149. The molecule has 1 aromatic carbocycles. The van der Waals surface area contributed by atoms with Gasteiger partial charge in [-0.1, -0.05) is 26.7 Å². The van der Waals surface area contributed by atoms with Gasteiger partial charge in [-0.2, -0.15) is 5.26 Å². The van der Waals surface area contributed by atoms with Crippen molar-refractivity contribution in [1.82, 2.24) is 9.55 Å². The predicted molar refractivity (Wildman–Crippen MR) is 80.1 cm³/mol. The number of hydrogen-bond donors (Lipinski definition) is 1. The summed E-state index contributed by atoms with van der Waals surface area (Å²) in [5.41, 5.74) is 8.90. The molecule has 0 bridgehead atoms. The van der Waals surface area contributed by atoms with Crippen LogP contribution in [0.5, 0.6) is 0 Å². The van der Waals surface area contributed by atoms with E-state index in [0.29, 0.717) is 17.6 Å². The fourth-order valence-corrected chi connectivity index (χ4v) is 3.46. The largest absolute Gasteiger partial charge is 0.369 e. The highest BCUT2D eigenvalue weighted by atomic mass is 15.2. The summed E-state index contributed by atoms with van der Waals surface area (Å²) in [6, 6.07) is 8.14. The molecular formula is C16H20N4. The molecule has 1 fully saturated rings. The van der Waals surface area contributed by atoms with E-state index in [1.54, 1.807) is 6.07 Å². The number of hydrogen-bond acceptors (Lipinski definition) is 3. The Kier molecular flexibility index (Phi) is 2.93. The number of nitrogens with two attached hydrogens (primary N) is 1. The van der Waals surface area contributed by atoms with E-state index >= 15 is 0 Å². The van der Waals surface area contributed by atoms with Crippen LogP contribution in [0.3, 0.4) is 0 Å². The fourth-order valence-electron chi connectivity index (χ4n) is 3.46. The summed E-state index contributed by atoms with van der Waals surface area (Å²) in [4.78, 5) is 4.46. The minimum atomic E-state index is 0.211. The zero-order valence-electron chi connectivity index (χ0n) is 12.1. The van der Waals surface area contributed by atoms with Crippen molar-refractivity contribution in [2.75, 3.05) is 5.73 Å². The van der Waals surface area contributed by atoms with Gasteiger partial charge in [0.05, 0.1) is 22.7 Å². The van der Waals surface area contributed by atoms with Crippen molar-refractivity contribution in [1.29, 1.82) is 5.26 Å². The van der Waals surface area contributed by atoms with Gasteiger partial charge in [-0.3, -0.25) is 0 Å². The van der Waals surface area contributed by atoms with Crippen molar-refractivity contribution in [3.05, 3.63) is 23.8 Å². The molecule has 4 heteroatoms. The second-order valence-corrected chi connectivity index (χ2v) is 6.41. The zero-order chi connectivity index (χ0) is 14.3. The zero-order valence-corrected chi connectivity index (χ0v) is 12.1. The van der Waals surface area contributed by atoms with E-state index < -0.39 is 0 Å². The monoisotopic (exact) mass is 268 g/mol. The van der Waals surface area contributed by atoms with Gasteiger partial charge in [-0.25, -0.2) is 4.98 Å². The van der Waals surface area contributed by atoms with Crippen molar-refractivity contribution >= 4 is 17.0 Å². The molecule has 0 saturated heterocycles. The summed E-state index contributed by atoms with van der Waals surface area (Å²) in [5.74, 6) is 0.565. The molecule has 3 rings (SSSR count). The Labute approximate surface area is 119 Å². The first-order valence-corrected chi connectivity index (χ1v) is 7.20. The average molecular weight is 268 g/mol. The quantitative estimate of drug-likeness (QED) is 0.858. The van der Waals surface area contributed by atoms with Crippen LogP contribution in [0.4, 0.5) is 5.95 Å². The number of benzene rings is 1. The van der Waals surface area contributed by atoms with E-state index in [9.17, 15) is 0 Å². The number of aromatic nitrogens is 2. The smallest absolute Gasteiger partial charge is 0.201 e. The van der Waals surface area contributed by atoms with Gasteiger partial charge in [0, 0.05) is 6.04 Å². The topological polar surface area (TPSA) is 67.6 Å². The van der Waals surface area contributed by atoms with Crippen molar-refractivity contribution in [3.8, 4) is 6.07 Å². The SMILES string of the molecule is CC1(C)CCCCC1n1c(N)nc2ccc(C#N)cc21. The number of fused-ring (bicyclic) bond motifs is 1. The van der Waals surface area contributed by atoms with Gasteiger partial charge in [0.2, 0.25) is 5.95 Å². The predicted octanol–water partition coefficient (Wildman–Crippen LogP) is 3.63. The van der Waals surface area contributed by atoms with Gasteiger partial charge in [0.25, 0.3) is 0 Å². The molecule has 1 aliphatic carbocycles. The third-order valence-corrected chi connectivity index (χ3v) is 4.61. The number of imidazole rings is 1. The molecule has 1 aliphatic rings. The van der Waals surface area contributed by atoms with E-state index in [4.69, 9.17) is 11.0 Å². The first kappa shape index (κ1) is 13.0. The summed E-state index contributed by atoms with van der Waals surface area (Å²) in [5, 5.41) is 9.10. The van der Waals surface area contributed by atoms with Gasteiger partial charge in [-0.15, -0.1) is 0 Å². The fraction of sp³-hybridized carbons (Fsp3) is 0.500. The molecule has 1 aromatic heterocycles. The van der Waals surface area contributed by atoms with E-state index in [-0.39, 0.29) is 5.41 Å². The van der Waals surface area contributed by atoms with Crippen LogP contribution in [0, 0.1) is 16.7 Å². The van der Waals surface area contributed by atoms with Crippen molar-refractivity contribution < 1.29 is 0 Å². The van der Waals surface area contributed by atoms with Crippen LogP contribution in [0.25, 0.3) is 11.0 Å². The Morgan fingerprint density at radius 3 is 2.90 bits per heavy atom. The molecule has 1 heterocycles. The maximum Gasteiger partial charge on any atom is 0.201 e. The Morgan fingerprint density at radius 1 is 1.40 bits per heavy atom. The van der Waals surface area contributed by atoms with Gasteiger partial charge in [0.15, 0.2) is 0 Å². The molecular weight excluding hydrogens is 248 g/mol. The number of nitrogen functional groups attached to an aromatic ring is 1. The van der Waals surface area contributed by atoms with Crippen LogP contribution in [-0.2, 0) is 0 Å². The molecule has 2 N–H and O–H groups in total. The van der Waals surface area contributed by atoms with Gasteiger partial charge in [0.1, 0.15) is 0 Å². The Hall–Kier alpha value is -2.02. The van der Waals surface area contributed by atoms with Gasteiger partial charge < -0.3 is 10.3 Å². The molecule has 2 aromatic rings. The van der Waals surface area contributed by atoms with Crippen molar-refractivity contribution in [2.45, 2.75) is 45.6 Å². The third kappa shape index (κ3) is 1.94. The van der Waals surface area contributed by atoms with Crippen molar-refractivity contribution in [2.24, 2.45) is 5.41 Å². The summed E-state index contributed by atoms with van der Waals surface area (Å²) in [7, 11) is 0. The van der Waals surface area contributed by atoms with E-state index in [1.165, 1.54) is 19.3 Å². The molecule has 1 saturated carbocycles. The Balaban J connectivity index is 2.19. The molecule has 0 radical (unpaired) electrons. The van der Waals surface area contributed by atoms with E-state index in [2.05, 4.69) is 29.5 Å². The highest BCUT2D eigenvalue weighted by Gasteiger charge is 2.35. The average Bonchev–Trinajstić information content (AvgIpc) is 2.73. The molecule has 4 nitrogen and oxygen atoms in total. The van der Waals surface area contributed by atoms with Crippen LogP contribution in [0.2, 0.25) is 0 Å². The highest BCUT2D eigenvalue weighted by Crippen LogP contribution is 2.45. The minimum Gasteiger partial charge on any atom is -0.369 e. The van der Waals surface area contributed by atoms with Gasteiger partial charge >= 0.3 is 0 Å². The summed E-state index contributed by atoms with van der Waals surface area (Å²) >= 11 is 0. The number of nitrogens with zero attached hydrogens (tertiary/aromatic N) is 3.